The van der Waals surface area contributed by atoms with E-state index in [0.29, 0.717) is 5.13 Å². The Balaban J connectivity index is 0.000000401. The third-order valence-electron chi connectivity index (χ3n) is 4.17. The van der Waals surface area contributed by atoms with Crippen molar-refractivity contribution in [2.45, 2.75) is 0 Å². The van der Waals surface area contributed by atoms with Crippen LogP contribution in [0.5, 0.6) is 5.75 Å². The summed E-state index contributed by atoms with van der Waals surface area (Å²) in [6.45, 7) is 0. The van der Waals surface area contributed by atoms with E-state index >= 15 is 0 Å². The minimum atomic E-state index is 0. The predicted octanol–water partition coefficient (Wildman–Crippen LogP) is 4.26. The van der Waals surface area contributed by atoms with Gasteiger partial charge in [-0.25, -0.2) is 19.6 Å². The van der Waals surface area contributed by atoms with Gasteiger partial charge in [0.15, 0.2) is 0 Å². The maximum Gasteiger partial charge on any atom is 2.00 e. The van der Waals surface area contributed by atoms with E-state index in [2.05, 4.69) is 20.1 Å². The molecule has 0 aliphatic heterocycles. The zero-order chi connectivity index (χ0) is 20.6. The summed E-state index contributed by atoms with van der Waals surface area (Å²) in [6, 6.07) is 7.73. The van der Waals surface area contributed by atoms with Crippen molar-refractivity contribution in [3.8, 4) is 10.8 Å². The number of hydrogen-bond acceptors (Lipinski definition) is 6. The molecule has 0 unspecified atom stereocenters. The summed E-state index contributed by atoms with van der Waals surface area (Å²) >= 11 is 1.46. The number of aliphatic imine (C=N–C) groups is 1. The van der Waals surface area contributed by atoms with E-state index in [0.717, 1.165) is 27.9 Å². The molecule has 10 radical (unpaired) electrons. The van der Waals surface area contributed by atoms with Crippen LogP contribution >= 0.6 is 11.3 Å². The molecule has 154 valence electrons. The summed E-state index contributed by atoms with van der Waals surface area (Å²) in [4.78, 5) is 13.2. The maximum atomic E-state index is 5.35. The summed E-state index contributed by atoms with van der Waals surface area (Å²) in [6.07, 6.45) is 22.9. The van der Waals surface area contributed by atoms with Gasteiger partial charge < -0.3 is 4.74 Å². The van der Waals surface area contributed by atoms with Crippen molar-refractivity contribution in [2.24, 2.45) is 4.99 Å². The molecule has 2 aliphatic carbocycles. The third-order valence-corrected chi connectivity index (χ3v) is 5.12. The number of hydrogen-bond donors (Lipinski definition) is 0. The maximum absolute atomic E-state index is 5.35. The van der Waals surface area contributed by atoms with E-state index in [1.54, 1.807) is 24.3 Å². The Kier molecular flexibility index (Phi) is 9.25. The van der Waals surface area contributed by atoms with Crippen molar-refractivity contribution in [1.29, 1.82) is 0 Å². The number of thiazole rings is 1. The average Bonchev–Trinajstić information content (AvgIpc) is 3.60. The Hall–Kier alpha value is -2.02. The Bertz CT molecular complexity index is 939. The molecule has 1 aromatic carbocycles. The first-order valence-electron chi connectivity index (χ1n) is 9.27. The fraction of sp³-hybridized carbons (Fsp3) is 0.0435. The Morgan fingerprint density at radius 2 is 1.71 bits per heavy atom. The zero-order valence-corrected chi connectivity index (χ0v) is 18.6. The normalized spacial score (nSPS) is 16.2. The van der Waals surface area contributed by atoms with E-state index in [1.165, 1.54) is 17.7 Å². The molecule has 31 heavy (non-hydrogen) atoms. The minimum absolute atomic E-state index is 0. The van der Waals surface area contributed by atoms with Crippen LogP contribution in [0.25, 0.3) is 5.00 Å². The summed E-state index contributed by atoms with van der Waals surface area (Å²) in [5.74, 6) is 1.80. The molecule has 2 heterocycles. The fourth-order valence-electron chi connectivity index (χ4n) is 2.76. The van der Waals surface area contributed by atoms with Gasteiger partial charge in [-0.05, 0) is 69.9 Å². The van der Waals surface area contributed by atoms with Crippen LogP contribution < -0.4 is 4.74 Å². The minimum Gasteiger partial charge on any atom is -0.496 e. The fourth-order valence-corrected chi connectivity index (χ4v) is 3.63. The van der Waals surface area contributed by atoms with Crippen LogP contribution in [0.1, 0.15) is 11.3 Å². The van der Waals surface area contributed by atoms with E-state index in [1.807, 2.05) is 82.1 Å². The number of rotatable bonds is 5. The van der Waals surface area contributed by atoms with E-state index < -0.39 is 0 Å². The van der Waals surface area contributed by atoms with Gasteiger partial charge in [-0.15, -0.1) is 0 Å². The smallest absolute Gasteiger partial charge is 0.496 e. The van der Waals surface area contributed by atoms with Gasteiger partial charge in [0.25, 0.3) is 0 Å². The quantitative estimate of drug-likeness (QED) is 0.414. The van der Waals surface area contributed by atoms with Crippen molar-refractivity contribution in [3.63, 3.8) is 0 Å². The van der Waals surface area contributed by atoms with Crippen LogP contribution in [-0.2, 0) is 17.1 Å². The van der Waals surface area contributed by atoms with E-state index in [-0.39, 0.29) is 17.1 Å². The molecule has 0 spiro atoms. The number of nitrogens with zero attached hydrogens (tertiary/aromatic N) is 5. The van der Waals surface area contributed by atoms with E-state index in [9.17, 15) is 0 Å². The van der Waals surface area contributed by atoms with Crippen LogP contribution in [-0.4, -0.2) is 33.1 Å². The molecule has 2 aliphatic rings. The summed E-state index contributed by atoms with van der Waals surface area (Å²) < 4.78 is 7.06. The van der Waals surface area contributed by atoms with Crippen LogP contribution in [0.15, 0.2) is 41.9 Å². The van der Waals surface area contributed by atoms with Gasteiger partial charge in [-0.1, -0.05) is 23.5 Å². The molecule has 0 amide bonds. The summed E-state index contributed by atoms with van der Waals surface area (Å²) in [5.41, 5.74) is 1.74. The topological polar surface area (TPSA) is 65.2 Å². The Morgan fingerprint density at radius 1 is 1.00 bits per heavy atom. The molecule has 2 saturated carbocycles. The molecule has 5 rings (SSSR count). The first-order chi connectivity index (χ1) is 14.8. The monoisotopic (exact) mass is 469 g/mol. The number of aromatic nitrogens is 4. The van der Waals surface area contributed by atoms with Crippen LogP contribution in [0.3, 0.4) is 0 Å². The van der Waals surface area contributed by atoms with Gasteiger partial charge in [0.05, 0.1) is 12.8 Å². The average molecular weight is 469 g/mol. The number of ether oxygens (including phenoxy) is 1. The third kappa shape index (κ3) is 6.25. The standard InChI is InChI=1S/C18H14N5OS.C5H5.Fe/c1-24-15-9-5-4-8-14(15)10-20-18-22-16(13-6-2-3-7-13)17(25-18)23-12-19-11-21-23;1-2-4-5-3-1;/h2-12H,1H3;1-5H;/q;;+2/b20-10+;;. The van der Waals surface area contributed by atoms with Crippen molar-refractivity contribution >= 4 is 22.7 Å². The van der Waals surface area contributed by atoms with Crippen molar-refractivity contribution < 1.29 is 21.8 Å². The van der Waals surface area contributed by atoms with E-state index in [4.69, 9.17) is 4.74 Å². The largest absolute Gasteiger partial charge is 2.00 e. The molecule has 8 heteroatoms. The molecule has 0 N–H and O–H groups in total. The molecule has 3 aromatic rings. The molecular weight excluding hydrogens is 450 g/mol. The van der Waals surface area contributed by atoms with Gasteiger partial charge in [0.1, 0.15) is 23.4 Å². The first-order valence-corrected chi connectivity index (χ1v) is 10.1. The molecule has 0 atom stereocenters. The summed E-state index contributed by atoms with van der Waals surface area (Å²) in [7, 11) is 1.65. The second-order valence-electron chi connectivity index (χ2n) is 6.13. The van der Waals surface area contributed by atoms with Crippen LogP contribution in [0.2, 0.25) is 0 Å². The predicted molar refractivity (Wildman–Crippen MR) is 118 cm³/mol. The second-order valence-corrected chi connectivity index (χ2v) is 7.08. The van der Waals surface area contributed by atoms with Gasteiger partial charge in [-0.3, -0.25) is 0 Å². The Labute approximate surface area is 198 Å². The molecule has 2 aromatic heterocycles. The van der Waals surface area contributed by atoms with Crippen LogP contribution in [0.4, 0.5) is 5.13 Å². The van der Waals surface area contributed by atoms with Gasteiger partial charge in [0.2, 0.25) is 5.13 Å². The van der Waals surface area contributed by atoms with Gasteiger partial charge >= 0.3 is 17.1 Å². The SMILES string of the molecule is COc1ccccc1/C=N/c1nc([C]2[CH][CH][CH][CH]2)c(-n2cncn2)s1.[CH]1[CH][CH][CH][CH]1.[Fe+2]. The molecule has 0 bridgehead atoms. The number of benzene rings is 1. The van der Waals surface area contributed by atoms with Crippen LogP contribution in [0, 0.1) is 63.7 Å². The number of para-hydroxylation sites is 1. The molecular formula is C23H19FeN5OS+2. The molecule has 6 nitrogen and oxygen atoms in total. The molecule has 0 saturated heterocycles. The van der Waals surface area contributed by atoms with Crippen molar-refractivity contribution in [1.82, 2.24) is 19.7 Å². The molecule has 2 fully saturated rings. The van der Waals surface area contributed by atoms with Crippen molar-refractivity contribution in [3.05, 3.63) is 112 Å². The van der Waals surface area contributed by atoms with Gasteiger partial charge in [-0.2, -0.15) is 5.10 Å². The first kappa shape index (κ1) is 23.6. The number of methoxy groups -OCH3 is 1. The second kappa shape index (κ2) is 12.1. The summed E-state index contributed by atoms with van der Waals surface area (Å²) in [5, 5.41) is 5.75. The van der Waals surface area contributed by atoms with Gasteiger partial charge in [0, 0.05) is 17.7 Å². The zero-order valence-electron chi connectivity index (χ0n) is 16.6. The van der Waals surface area contributed by atoms with Crippen molar-refractivity contribution in [2.75, 3.05) is 7.11 Å². The Morgan fingerprint density at radius 3 is 2.35 bits per heavy atom.